The Hall–Kier alpha value is -3.48. The number of fused-ring (bicyclic) bond motifs is 1. The smallest absolute Gasteiger partial charge is 0.262 e. The van der Waals surface area contributed by atoms with E-state index in [1.165, 1.54) is 16.7 Å². The highest BCUT2D eigenvalue weighted by molar-refractivity contribution is 8.02. The molecule has 0 radical (unpaired) electrons. The molecule has 1 saturated carbocycles. The molecular weight excluding hydrogens is 460 g/mol. The lowest BCUT2D eigenvalue weighted by Gasteiger charge is -2.30. The molecule has 0 spiro atoms. The summed E-state index contributed by atoms with van der Waals surface area (Å²) >= 11 is 7.55. The zero-order valence-electron chi connectivity index (χ0n) is 17.4. The maximum atomic E-state index is 12.9. The molecule has 5 rings (SSSR count). The van der Waals surface area contributed by atoms with Crippen molar-refractivity contribution in [3.8, 4) is 11.8 Å². The van der Waals surface area contributed by atoms with Crippen LogP contribution in [0.2, 0.25) is 5.02 Å². The number of thioether (sulfide) groups is 1. The number of aromatic nitrogens is 3. The number of nitriles is 1. The Kier molecular flexibility index (Phi) is 5.94. The molecule has 0 saturated heterocycles. The highest BCUT2D eigenvalue weighted by atomic mass is 35.5. The highest BCUT2D eigenvalue weighted by Crippen LogP contribution is 2.40. The average Bonchev–Trinajstić information content (AvgIpc) is 3.59. The molecule has 0 unspecified atom stereocenters. The number of rotatable bonds is 7. The van der Waals surface area contributed by atoms with Gasteiger partial charge in [0.05, 0.1) is 22.3 Å². The Balaban J connectivity index is 1.38. The summed E-state index contributed by atoms with van der Waals surface area (Å²) in [5.74, 6) is 1.63. The Morgan fingerprint density at radius 3 is 2.79 bits per heavy atom. The van der Waals surface area contributed by atoms with Crippen LogP contribution in [0.3, 0.4) is 0 Å². The maximum Gasteiger partial charge on any atom is 0.262 e. The van der Waals surface area contributed by atoms with Gasteiger partial charge in [0.1, 0.15) is 24.7 Å². The van der Waals surface area contributed by atoms with Gasteiger partial charge in [-0.15, -0.1) is 10.2 Å². The lowest BCUT2D eigenvalue weighted by molar-refractivity contribution is 0.0818. The van der Waals surface area contributed by atoms with Gasteiger partial charge in [-0.2, -0.15) is 5.26 Å². The molecule has 0 atom stereocenters. The van der Waals surface area contributed by atoms with E-state index in [4.69, 9.17) is 16.3 Å². The number of carbonyl (C=O) groups is 1. The van der Waals surface area contributed by atoms with Crippen LogP contribution < -0.4 is 10.1 Å². The predicted octanol–water partition coefficient (Wildman–Crippen LogP) is 4.83. The number of halogens is 1. The van der Waals surface area contributed by atoms with Crippen molar-refractivity contribution < 1.29 is 9.53 Å². The first-order valence-corrected chi connectivity index (χ1v) is 11.6. The quantitative estimate of drug-likeness (QED) is 0.384. The second-order valence-corrected chi connectivity index (χ2v) is 8.80. The standard InChI is InChI=1S/C23H19ClN6O2S/c24-17-6-2-4-8-19(17)32-13-20-27-28-23(30(20)15-9-10-15)33-14-21-26-18-7-3-1-5-16(18)22(31)29(21)12-11-25/h1-8,14-15,26H,9-10,12-13H2/b21-14-. The number of anilines is 1. The number of carbonyl (C=O) groups excluding carboxylic acids is 1. The zero-order chi connectivity index (χ0) is 22.8. The van der Waals surface area contributed by atoms with Crippen LogP contribution in [0.4, 0.5) is 5.69 Å². The highest BCUT2D eigenvalue weighted by Gasteiger charge is 2.31. The lowest BCUT2D eigenvalue weighted by atomic mass is 10.1. The van der Waals surface area contributed by atoms with E-state index in [9.17, 15) is 10.1 Å². The van der Waals surface area contributed by atoms with Crippen molar-refractivity contribution >= 4 is 35.0 Å². The molecule has 2 aromatic carbocycles. The third-order valence-corrected chi connectivity index (χ3v) is 6.44. The van der Waals surface area contributed by atoms with Crippen LogP contribution in [0, 0.1) is 11.3 Å². The van der Waals surface area contributed by atoms with Crippen LogP contribution in [0.1, 0.15) is 35.1 Å². The summed E-state index contributed by atoms with van der Waals surface area (Å²) in [6, 6.07) is 16.9. The molecule has 8 nitrogen and oxygen atoms in total. The molecule has 2 aliphatic rings. The lowest BCUT2D eigenvalue weighted by Crippen LogP contribution is -2.38. The summed E-state index contributed by atoms with van der Waals surface area (Å²) in [5, 5.41) is 24.2. The summed E-state index contributed by atoms with van der Waals surface area (Å²) in [5.41, 5.74) is 1.25. The van der Waals surface area contributed by atoms with Gasteiger partial charge in [-0.3, -0.25) is 14.3 Å². The van der Waals surface area contributed by atoms with Crippen LogP contribution in [-0.4, -0.2) is 32.1 Å². The Labute approximate surface area is 199 Å². The van der Waals surface area contributed by atoms with Gasteiger partial charge in [0.15, 0.2) is 11.0 Å². The van der Waals surface area contributed by atoms with Gasteiger partial charge in [0.2, 0.25) is 0 Å². The largest absolute Gasteiger partial charge is 0.484 e. The molecular formula is C23H19ClN6O2S. The van der Waals surface area contributed by atoms with Crippen molar-refractivity contribution in [2.75, 3.05) is 11.9 Å². The van der Waals surface area contributed by atoms with E-state index < -0.39 is 0 Å². The molecule has 0 bridgehead atoms. The van der Waals surface area contributed by atoms with Crippen LogP contribution in [0.5, 0.6) is 5.75 Å². The zero-order valence-corrected chi connectivity index (χ0v) is 19.0. The van der Waals surface area contributed by atoms with Crippen LogP contribution in [0.25, 0.3) is 0 Å². The number of ether oxygens (including phenoxy) is 1. The van der Waals surface area contributed by atoms with Gasteiger partial charge >= 0.3 is 0 Å². The molecule has 1 N–H and O–H groups in total. The first-order valence-electron chi connectivity index (χ1n) is 10.4. The fraction of sp³-hybridized carbons (Fsp3) is 0.217. The predicted molar refractivity (Wildman–Crippen MR) is 125 cm³/mol. The molecule has 2 heterocycles. The molecule has 1 fully saturated rings. The van der Waals surface area contributed by atoms with E-state index in [0.29, 0.717) is 44.9 Å². The summed E-state index contributed by atoms with van der Waals surface area (Å²) in [4.78, 5) is 14.3. The number of hydrogen-bond donors (Lipinski definition) is 1. The van der Waals surface area contributed by atoms with Crippen molar-refractivity contribution in [3.63, 3.8) is 0 Å². The number of amides is 1. The minimum absolute atomic E-state index is 0.0567. The van der Waals surface area contributed by atoms with Crippen molar-refractivity contribution in [3.05, 3.63) is 76.2 Å². The minimum Gasteiger partial charge on any atom is -0.484 e. The number of nitrogens with zero attached hydrogens (tertiary/aromatic N) is 5. The van der Waals surface area contributed by atoms with Crippen molar-refractivity contribution in [2.24, 2.45) is 0 Å². The number of nitrogens with one attached hydrogen (secondary N) is 1. The minimum atomic E-state index is -0.213. The van der Waals surface area contributed by atoms with E-state index in [0.717, 1.165) is 12.8 Å². The average molecular weight is 479 g/mol. The summed E-state index contributed by atoms with van der Waals surface area (Å²) in [6.45, 7) is 0.188. The van der Waals surface area contributed by atoms with E-state index in [-0.39, 0.29) is 19.1 Å². The van der Waals surface area contributed by atoms with Crippen LogP contribution in [0.15, 0.2) is 64.9 Å². The maximum absolute atomic E-state index is 12.9. The van der Waals surface area contributed by atoms with Gasteiger partial charge in [-0.1, -0.05) is 47.6 Å². The summed E-state index contributed by atoms with van der Waals surface area (Å²) in [7, 11) is 0. The third-order valence-electron chi connectivity index (χ3n) is 5.30. The number of hydrogen-bond acceptors (Lipinski definition) is 7. The van der Waals surface area contributed by atoms with E-state index in [1.54, 1.807) is 23.6 Å². The molecule has 1 aliphatic heterocycles. The number of para-hydroxylation sites is 2. The van der Waals surface area contributed by atoms with Gasteiger partial charge in [0.25, 0.3) is 5.91 Å². The second kappa shape index (κ2) is 9.17. The van der Waals surface area contributed by atoms with Gasteiger partial charge < -0.3 is 10.1 Å². The molecule has 1 aliphatic carbocycles. The molecule has 3 aromatic rings. The Morgan fingerprint density at radius 1 is 1.21 bits per heavy atom. The van der Waals surface area contributed by atoms with Gasteiger partial charge in [-0.05, 0) is 37.1 Å². The Bertz CT molecular complexity index is 1280. The summed E-state index contributed by atoms with van der Waals surface area (Å²) in [6.07, 6.45) is 2.10. The van der Waals surface area contributed by atoms with Gasteiger partial charge in [-0.25, -0.2) is 0 Å². The Morgan fingerprint density at radius 2 is 2.00 bits per heavy atom. The van der Waals surface area contributed by atoms with E-state index in [1.807, 2.05) is 30.3 Å². The fourth-order valence-electron chi connectivity index (χ4n) is 3.56. The molecule has 10 heteroatoms. The van der Waals surface area contributed by atoms with Gasteiger partial charge in [0, 0.05) is 11.4 Å². The van der Waals surface area contributed by atoms with Crippen LogP contribution in [-0.2, 0) is 6.61 Å². The molecule has 1 amide bonds. The van der Waals surface area contributed by atoms with Crippen LogP contribution >= 0.6 is 23.4 Å². The third kappa shape index (κ3) is 4.40. The molecule has 33 heavy (non-hydrogen) atoms. The number of benzene rings is 2. The van der Waals surface area contributed by atoms with Crippen molar-refractivity contribution in [1.29, 1.82) is 5.26 Å². The molecule has 166 valence electrons. The fourth-order valence-corrected chi connectivity index (χ4v) is 4.61. The van der Waals surface area contributed by atoms with E-state index >= 15 is 0 Å². The van der Waals surface area contributed by atoms with E-state index in [2.05, 4.69) is 26.2 Å². The van der Waals surface area contributed by atoms with Crippen molar-refractivity contribution in [2.45, 2.75) is 30.6 Å². The topological polar surface area (TPSA) is 96.1 Å². The first-order chi connectivity index (χ1) is 16.2. The normalized spacial score (nSPS) is 16.3. The SMILES string of the molecule is N#CCN1C(=O)c2ccccc2N/C1=C/Sc1nnc(COc2ccccc2Cl)n1C1CC1. The molecule has 1 aromatic heterocycles. The monoisotopic (exact) mass is 478 g/mol. The first kappa shape index (κ1) is 21.4. The summed E-state index contributed by atoms with van der Waals surface area (Å²) < 4.78 is 7.95. The second-order valence-electron chi connectivity index (χ2n) is 7.56. The van der Waals surface area contributed by atoms with Crippen molar-refractivity contribution in [1.82, 2.24) is 19.7 Å².